The number of benzene rings is 2. The molecular weight excluding hydrogens is 382 g/mol. The van der Waals surface area contributed by atoms with Crippen molar-refractivity contribution in [1.29, 1.82) is 0 Å². The summed E-state index contributed by atoms with van der Waals surface area (Å²) in [6, 6.07) is 13.1. The smallest absolute Gasteiger partial charge is 0.261 e. The molecular formula is C23H25N3O2S. The number of sulfonamides is 1. The zero-order chi connectivity index (χ0) is 19.8. The molecule has 0 fully saturated rings. The molecule has 5 rings (SSSR count). The van der Waals surface area contributed by atoms with E-state index >= 15 is 0 Å². The number of nitrogens with zero attached hydrogens (tertiary/aromatic N) is 2. The van der Waals surface area contributed by atoms with Crippen LogP contribution in [-0.4, -0.2) is 18.0 Å². The summed E-state index contributed by atoms with van der Waals surface area (Å²) in [6.07, 6.45) is 9.63. The van der Waals surface area contributed by atoms with E-state index in [0.717, 1.165) is 67.7 Å². The van der Waals surface area contributed by atoms with Crippen molar-refractivity contribution in [2.75, 3.05) is 4.72 Å². The largest absolute Gasteiger partial charge is 0.334 e. The molecule has 0 saturated carbocycles. The van der Waals surface area contributed by atoms with Gasteiger partial charge in [-0.25, -0.2) is 13.4 Å². The first kappa shape index (κ1) is 18.4. The van der Waals surface area contributed by atoms with E-state index in [4.69, 9.17) is 4.98 Å². The molecule has 2 heterocycles. The predicted molar refractivity (Wildman–Crippen MR) is 114 cm³/mol. The second kappa shape index (κ2) is 7.34. The van der Waals surface area contributed by atoms with E-state index in [1.54, 1.807) is 6.07 Å². The Hall–Kier alpha value is -2.60. The van der Waals surface area contributed by atoms with Crippen molar-refractivity contribution < 1.29 is 8.42 Å². The molecule has 0 atom stereocenters. The maximum atomic E-state index is 13.1. The number of para-hydroxylation sites is 1. The van der Waals surface area contributed by atoms with Crippen molar-refractivity contribution in [3.63, 3.8) is 0 Å². The standard InChI is InChI=1S/C23H25N3O2S/c27-29(28,19-13-12-17-7-1-2-8-18(17)15-19)25-21-10-4-3-9-20(21)22-16-26-14-6-5-11-23(26)24-22/h3-4,9-10,12-13,15-16,25H,1-2,5-8,11,14H2. The summed E-state index contributed by atoms with van der Waals surface area (Å²) in [4.78, 5) is 5.10. The van der Waals surface area contributed by atoms with E-state index in [1.165, 1.54) is 12.0 Å². The molecule has 3 aromatic rings. The molecule has 1 aliphatic heterocycles. The fourth-order valence-corrected chi connectivity index (χ4v) is 5.55. The van der Waals surface area contributed by atoms with Crippen molar-refractivity contribution >= 4 is 15.7 Å². The highest BCUT2D eigenvalue weighted by atomic mass is 32.2. The minimum atomic E-state index is -3.66. The van der Waals surface area contributed by atoms with Crippen LogP contribution in [0.2, 0.25) is 0 Å². The van der Waals surface area contributed by atoms with Gasteiger partial charge in [0.05, 0.1) is 16.3 Å². The first-order chi connectivity index (χ1) is 14.1. The monoisotopic (exact) mass is 407 g/mol. The summed E-state index contributed by atoms with van der Waals surface area (Å²) in [6.45, 7) is 0.978. The highest BCUT2D eigenvalue weighted by Crippen LogP contribution is 2.31. The number of anilines is 1. The van der Waals surface area contributed by atoms with Crippen LogP contribution in [-0.2, 0) is 35.8 Å². The summed E-state index contributed by atoms with van der Waals surface area (Å²) in [5.74, 6) is 1.08. The maximum Gasteiger partial charge on any atom is 0.261 e. The number of hydrogen-bond donors (Lipinski definition) is 1. The molecule has 5 nitrogen and oxygen atoms in total. The van der Waals surface area contributed by atoms with Gasteiger partial charge in [0.25, 0.3) is 10.0 Å². The lowest BCUT2D eigenvalue weighted by Gasteiger charge is -2.17. The van der Waals surface area contributed by atoms with Crippen molar-refractivity contribution in [2.24, 2.45) is 0 Å². The van der Waals surface area contributed by atoms with Crippen LogP contribution in [0.4, 0.5) is 5.69 Å². The summed E-state index contributed by atoms with van der Waals surface area (Å²) in [5.41, 5.74) is 4.65. The number of aryl methyl sites for hydroxylation is 4. The number of fused-ring (bicyclic) bond motifs is 2. The molecule has 1 N–H and O–H groups in total. The molecule has 150 valence electrons. The zero-order valence-electron chi connectivity index (χ0n) is 16.4. The second-order valence-electron chi connectivity index (χ2n) is 7.98. The van der Waals surface area contributed by atoms with Crippen molar-refractivity contribution in [1.82, 2.24) is 9.55 Å². The number of aromatic nitrogens is 2. The summed E-state index contributed by atoms with van der Waals surface area (Å²) in [7, 11) is -3.66. The zero-order valence-corrected chi connectivity index (χ0v) is 17.2. The first-order valence-corrected chi connectivity index (χ1v) is 11.9. The van der Waals surface area contributed by atoms with E-state index in [-0.39, 0.29) is 0 Å². The van der Waals surface area contributed by atoms with Crippen molar-refractivity contribution in [3.8, 4) is 11.3 Å². The molecule has 0 radical (unpaired) electrons. The predicted octanol–water partition coefficient (Wildman–Crippen LogP) is 4.57. The second-order valence-corrected chi connectivity index (χ2v) is 9.66. The Bertz CT molecular complexity index is 1140. The van der Waals surface area contributed by atoms with E-state index in [2.05, 4.69) is 9.29 Å². The normalized spacial score (nSPS) is 16.1. The molecule has 2 aliphatic rings. The van der Waals surface area contributed by atoms with E-state index in [1.807, 2.05) is 42.6 Å². The molecule has 0 spiro atoms. The van der Waals surface area contributed by atoms with E-state index < -0.39 is 10.0 Å². The average Bonchev–Trinajstić information content (AvgIpc) is 3.17. The molecule has 29 heavy (non-hydrogen) atoms. The van der Waals surface area contributed by atoms with Crippen LogP contribution in [0.3, 0.4) is 0 Å². The number of nitrogens with one attached hydrogen (secondary N) is 1. The summed E-state index contributed by atoms with van der Waals surface area (Å²) < 4.78 is 31.3. The van der Waals surface area contributed by atoms with Crippen molar-refractivity contribution in [3.05, 3.63) is 65.6 Å². The van der Waals surface area contributed by atoms with Gasteiger partial charge >= 0.3 is 0 Å². The Kier molecular flexibility index (Phi) is 4.66. The first-order valence-electron chi connectivity index (χ1n) is 10.4. The third-order valence-electron chi connectivity index (χ3n) is 5.99. The minimum Gasteiger partial charge on any atom is -0.334 e. The van der Waals surface area contributed by atoms with E-state index in [0.29, 0.717) is 10.6 Å². The topological polar surface area (TPSA) is 64.0 Å². The van der Waals surface area contributed by atoms with Gasteiger partial charge in [-0.2, -0.15) is 0 Å². The lowest BCUT2D eigenvalue weighted by Crippen LogP contribution is -2.15. The molecule has 2 aromatic carbocycles. The number of rotatable bonds is 4. The molecule has 0 unspecified atom stereocenters. The van der Waals surface area contributed by atoms with Gasteiger partial charge in [-0.1, -0.05) is 24.3 Å². The van der Waals surface area contributed by atoms with Gasteiger partial charge in [-0.05, 0) is 67.9 Å². The Morgan fingerprint density at radius 3 is 2.55 bits per heavy atom. The Morgan fingerprint density at radius 1 is 0.897 bits per heavy atom. The minimum absolute atomic E-state index is 0.331. The lowest BCUT2D eigenvalue weighted by atomic mass is 9.92. The lowest BCUT2D eigenvalue weighted by molar-refractivity contribution is 0.522. The quantitative estimate of drug-likeness (QED) is 0.689. The van der Waals surface area contributed by atoms with Crippen LogP contribution < -0.4 is 4.72 Å². The van der Waals surface area contributed by atoms with Crippen LogP contribution >= 0.6 is 0 Å². The fraction of sp³-hybridized carbons (Fsp3) is 0.348. The maximum absolute atomic E-state index is 13.1. The Morgan fingerprint density at radius 2 is 1.69 bits per heavy atom. The molecule has 0 bridgehead atoms. The van der Waals surface area contributed by atoms with Crippen LogP contribution in [0.15, 0.2) is 53.6 Å². The molecule has 1 aliphatic carbocycles. The average molecular weight is 408 g/mol. The third kappa shape index (κ3) is 3.57. The summed E-state index contributed by atoms with van der Waals surface area (Å²) in [5, 5.41) is 0. The number of hydrogen-bond acceptors (Lipinski definition) is 3. The SMILES string of the molecule is O=S(=O)(Nc1ccccc1-c1cn2c(n1)CCCC2)c1ccc2c(c1)CCCC2. The molecule has 0 amide bonds. The van der Waals surface area contributed by atoms with Gasteiger partial charge in [-0.15, -0.1) is 0 Å². The molecule has 6 heteroatoms. The van der Waals surface area contributed by atoms with Crippen LogP contribution in [0.1, 0.15) is 42.6 Å². The van der Waals surface area contributed by atoms with Gasteiger partial charge in [0.2, 0.25) is 0 Å². The Labute approximate surface area is 171 Å². The van der Waals surface area contributed by atoms with Crippen molar-refractivity contribution in [2.45, 2.75) is 56.4 Å². The van der Waals surface area contributed by atoms with Gasteiger partial charge in [-0.3, -0.25) is 4.72 Å². The van der Waals surface area contributed by atoms with Crippen LogP contribution in [0.5, 0.6) is 0 Å². The van der Waals surface area contributed by atoms with Crippen LogP contribution in [0, 0.1) is 0 Å². The number of imidazole rings is 1. The van der Waals surface area contributed by atoms with E-state index in [9.17, 15) is 8.42 Å². The highest BCUT2D eigenvalue weighted by molar-refractivity contribution is 7.92. The molecule has 0 saturated heterocycles. The highest BCUT2D eigenvalue weighted by Gasteiger charge is 2.21. The third-order valence-corrected chi connectivity index (χ3v) is 7.35. The van der Waals surface area contributed by atoms with Crippen LogP contribution in [0.25, 0.3) is 11.3 Å². The van der Waals surface area contributed by atoms with Gasteiger partial charge in [0, 0.05) is 24.7 Å². The Balaban J connectivity index is 1.48. The summed E-state index contributed by atoms with van der Waals surface area (Å²) >= 11 is 0. The van der Waals surface area contributed by atoms with Gasteiger partial charge < -0.3 is 4.57 Å². The molecule has 1 aromatic heterocycles. The van der Waals surface area contributed by atoms with Gasteiger partial charge in [0.1, 0.15) is 5.82 Å². The van der Waals surface area contributed by atoms with Gasteiger partial charge in [0.15, 0.2) is 0 Å². The fourth-order valence-electron chi connectivity index (χ4n) is 4.42.